The fourth-order valence-electron chi connectivity index (χ4n) is 1.26. The first kappa shape index (κ1) is 11.5. The summed E-state index contributed by atoms with van der Waals surface area (Å²) in [5.41, 5.74) is 0.559. The third-order valence-corrected chi connectivity index (χ3v) is 1.92. The number of hydrogen-bond donors (Lipinski definition) is 2. The van der Waals surface area contributed by atoms with Crippen molar-refractivity contribution in [3.05, 3.63) is 29.8 Å². The van der Waals surface area contributed by atoms with E-state index in [4.69, 9.17) is 9.84 Å². The average molecular weight is 210 g/mol. The van der Waals surface area contributed by atoms with Crippen molar-refractivity contribution in [3.8, 4) is 5.75 Å². The number of aliphatic hydroxyl groups excluding tert-OH is 1. The third-order valence-electron chi connectivity index (χ3n) is 1.92. The van der Waals surface area contributed by atoms with E-state index < -0.39 is 12.1 Å². The molecule has 4 heteroatoms. The highest BCUT2D eigenvalue weighted by molar-refractivity contribution is 5.67. The molecule has 15 heavy (non-hydrogen) atoms. The molecule has 1 rings (SSSR count). The van der Waals surface area contributed by atoms with Gasteiger partial charge in [-0.3, -0.25) is 4.79 Å². The Bertz CT molecular complexity index is 335. The van der Waals surface area contributed by atoms with Gasteiger partial charge in [-0.15, -0.1) is 0 Å². The van der Waals surface area contributed by atoms with E-state index in [-0.39, 0.29) is 6.42 Å². The highest BCUT2D eigenvalue weighted by Crippen LogP contribution is 2.21. The summed E-state index contributed by atoms with van der Waals surface area (Å²) in [6.07, 6.45) is -1.28. The lowest BCUT2D eigenvalue weighted by Gasteiger charge is -2.10. The molecule has 0 aliphatic heterocycles. The van der Waals surface area contributed by atoms with Crippen LogP contribution < -0.4 is 4.74 Å². The summed E-state index contributed by atoms with van der Waals surface area (Å²) < 4.78 is 5.24. The van der Waals surface area contributed by atoms with Crippen molar-refractivity contribution in [2.45, 2.75) is 19.4 Å². The summed E-state index contributed by atoms with van der Waals surface area (Å²) in [5, 5.41) is 18.1. The van der Waals surface area contributed by atoms with Gasteiger partial charge >= 0.3 is 5.97 Å². The van der Waals surface area contributed by atoms with Crippen LogP contribution in [0.3, 0.4) is 0 Å². The van der Waals surface area contributed by atoms with E-state index in [9.17, 15) is 9.90 Å². The molecular weight excluding hydrogens is 196 g/mol. The van der Waals surface area contributed by atoms with Gasteiger partial charge in [0.1, 0.15) is 5.75 Å². The van der Waals surface area contributed by atoms with Crippen molar-refractivity contribution in [1.82, 2.24) is 0 Å². The van der Waals surface area contributed by atoms with Gasteiger partial charge in [0.25, 0.3) is 0 Å². The lowest BCUT2D eigenvalue weighted by molar-refractivity contribution is -0.139. The standard InChI is InChI=1S/C11H14O4/c1-2-15-9-5-3-4-8(6-9)10(12)7-11(13)14/h3-6,10,12H,2,7H2,1H3,(H,13,14). The molecule has 1 atom stereocenters. The summed E-state index contributed by atoms with van der Waals surface area (Å²) >= 11 is 0. The Hall–Kier alpha value is -1.55. The number of carboxylic acids is 1. The summed E-state index contributed by atoms with van der Waals surface area (Å²) in [7, 11) is 0. The molecule has 1 aromatic rings. The minimum Gasteiger partial charge on any atom is -0.494 e. The molecule has 1 aromatic carbocycles. The van der Waals surface area contributed by atoms with Gasteiger partial charge in [-0.2, -0.15) is 0 Å². The fourth-order valence-corrected chi connectivity index (χ4v) is 1.26. The molecule has 0 aliphatic carbocycles. The molecular formula is C11H14O4. The molecule has 0 aliphatic rings. The number of carbonyl (C=O) groups is 1. The zero-order chi connectivity index (χ0) is 11.3. The Kier molecular flexibility index (Phi) is 4.12. The largest absolute Gasteiger partial charge is 0.494 e. The molecule has 1 unspecified atom stereocenters. The fraction of sp³-hybridized carbons (Fsp3) is 0.364. The van der Waals surface area contributed by atoms with E-state index in [0.717, 1.165) is 0 Å². The minimum absolute atomic E-state index is 0.296. The van der Waals surface area contributed by atoms with Crippen LogP contribution in [0.1, 0.15) is 25.0 Å². The molecule has 0 radical (unpaired) electrons. The number of hydrogen-bond acceptors (Lipinski definition) is 3. The highest BCUT2D eigenvalue weighted by atomic mass is 16.5. The van der Waals surface area contributed by atoms with Crippen LogP contribution in [0.25, 0.3) is 0 Å². The number of ether oxygens (including phenoxy) is 1. The normalized spacial score (nSPS) is 12.1. The molecule has 4 nitrogen and oxygen atoms in total. The van der Waals surface area contributed by atoms with Crippen molar-refractivity contribution < 1.29 is 19.7 Å². The smallest absolute Gasteiger partial charge is 0.306 e. The van der Waals surface area contributed by atoms with Gasteiger partial charge in [-0.05, 0) is 24.6 Å². The average Bonchev–Trinajstić information content (AvgIpc) is 2.17. The topological polar surface area (TPSA) is 66.8 Å². The number of benzene rings is 1. The van der Waals surface area contributed by atoms with Gasteiger partial charge in [-0.1, -0.05) is 12.1 Å². The Morgan fingerprint density at radius 2 is 2.27 bits per heavy atom. The molecule has 0 fully saturated rings. The molecule has 0 saturated carbocycles. The molecule has 0 aromatic heterocycles. The molecule has 0 spiro atoms. The van der Waals surface area contributed by atoms with E-state index in [0.29, 0.717) is 17.9 Å². The monoisotopic (exact) mass is 210 g/mol. The summed E-state index contributed by atoms with van der Waals surface area (Å²) in [5.74, 6) is -0.385. The molecule has 0 heterocycles. The van der Waals surface area contributed by atoms with Gasteiger partial charge < -0.3 is 14.9 Å². The van der Waals surface area contributed by atoms with E-state index in [1.54, 1.807) is 24.3 Å². The van der Waals surface area contributed by atoms with Gasteiger partial charge in [-0.25, -0.2) is 0 Å². The maximum Gasteiger partial charge on any atom is 0.306 e. The number of aliphatic carboxylic acids is 1. The summed E-state index contributed by atoms with van der Waals surface area (Å²) in [6.45, 7) is 2.40. The van der Waals surface area contributed by atoms with E-state index >= 15 is 0 Å². The van der Waals surface area contributed by atoms with Crippen LogP contribution in [0, 0.1) is 0 Å². The number of carboxylic acid groups (broad SMARTS) is 1. The second kappa shape index (κ2) is 5.36. The maximum absolute atomic E-state index is 10.4. The van der Waals surface area contributed by atoms with Crippen molar-refractivity contribution in [2.75, 3.05) is 6.61 Å². The van der Waals surface area contributed by atoms with Gasteiger partial charge in [0.05, 0.1) is 19.1 Å². The summed E-state index contributed by atoms with van der Waals surface area (Å²) in [4.78, 5) is 10.4. The SMILES string of the molecule is CCOc1cccc(C(O)CC(=O)O)c1. The van der Waals surface area contributed by atoms with Gasteiger partial charge in [0, 0.05) is 0 Å². The van der Waals surface area contributed by atoms with Crippen LogP contribution in [-0.2, 0) is 4.79 Å². The number of rotatable bonds is 5. The van der Waals surface area contributed by atoms with E-state index in [1.807, 2.05) is 6.92 Å². The predicted octanol–water partition coefficient (Wildman–Crippen LogP) is 1.59. The molecule has 0 saturated heterocycles. The zero-order valence-corrected chi connectivity index (χ0v) is 8.51. The second-order valence-electron chi connectivity index (χ2n) is 3.12. The van der Waals surface area contributed by atoms with Crippen molar-refractivity contribution in [1.29, 1.82) is 0 Å². The van der Waals surface area contributed by atoms with Crippen LogP contribution >= 0.6 is 0 Å². The summed E-state index contributed by atoms with van der Waals surface area (Å²) in [6, 6.07) is 6.82. The Balaban J connectivity index is 2.75. The Labute approximate surface area is 88.1 Å². The first-order valence-electron chi connectivity index (χ1n) is 4.76. The molecule has 82 valence electrons. The Morgan fingerprint density at radius 1 is 1.53 bits per heavy atom. The van der Waals surface area contributed by atoms with Crippen LogP contribution in [0.4, 0.5) is 0 Å². The highest BCUT2D eigenvalue weighted by Gasteiger charge is 2.12. The van der Waals surface area contributed by atoms with Crippen molar-refractivity contribution >= 4 is 5.97 Å². The lowest BCUT2D eigenvalue weighted by Crippen LogP contribution is -2.05. The van der Waals surface area contributed by atoms with E-state index in [2.05, 4.69) is 0 Å². The first-order valence-corrected chi connectivity index (χ1v) is 4.76. The lowest BCUT2D eigenvalue weighted by atomic mass is 10.1. The van der Waals surface area contributed by atoms with Crippen LogP contribution in [0.2, 0.25) is 0 Å². The maximum atomic E-state index is 10.4. The predicted molar refractivity (Wildman–Crippen MR) is 54.8 cm³/mol. The molecule has 0 bridgehead atoms. The van der Waals surface area contributed by atoms with Gasteiger partial charge in [0.15, 0.2) is 0 Å². The van der Waals surface area contributed by atoms with Gasteiger partial charge in [0.2, 0.25) is 0 Å². The van der Waals surface area contributed by atoms with Crippen LogP contribution in [0.15, 0.2) is 24.3 Å². The first-order chi connectivity index (χ1) is 7.13. The quantitative estimate of drug-likeness (QED) is 0.774. The minimum atomic E-state index is -1.02. The number of aliphatic hydroxyl groups is 1. The molecule has 2 N–H and O–H groups in total. The van der Waals surface area contributed by atoms with Crippen LogP contribution in [-0.4, -0.2) is 22.8 Å². The molecule has 0 amide bonds. The third kappa shape index (κ3) is 3.59. The van der Waals surface area contributed by atoms with E-state index in [1.165, 1.54) is 0 Å². The Morgan fingerprint density at radius 3 is 2.87 bits per heavy atom. The van der Waals surface area contributed by atoms with Crippen molar-refractivity contribution in [3.63, 3.8) is 0 Å². The van der Waals surface area contributed by atoms with Crippen LogP contribution in [0.5, 0.6) is 5.75 Å². The second-order valence-corrected chi connectivity index (χ2v) is 3.12. The van der Waals surface area contributed by atoms with Crippen molar-refractivity contribution in [2.24, 2.45) is 0 Å². The zero-order valence-electron chi connectivity index (χ0n) is 8.51.